The number of aromatic nitrogens is 1. The quantitative estimate of drug-likeness (QED) is 0.772. The minimum atomic E-state index is -2.81. The second-order valence-corrected chi connectivity index (χ2v) is 3.27. The first kappa shape index (κ1) is 9.67. The molecular weight excluding hydrogens is 255 g/mol. The van der Waals surface area contributed by atoms with Gasteiger partial charge in [-0.3, -0.25) is 4.79 Å². The van der Waals surface area contributed by atoms with E-state index in [0.717, 1.165) is 0 Å². The smallest absolute Gasteiger partial charge is 0.270 e. The minimum Gasteiger partial charge on any atom is -0.312 e. The Balaban J connectivity index is 3.39. The molecule has 12 heavy (non-hydrogen) atoms. The molecule has 0 atom stereocenters. The van der Waals surface area contributed by atoms with Crippen LogP contribution >= 0.6 is 27.5 Å². The summed E-state index contributed by atoms with van der Waals surface area (Å²) in [7, 11) is 0. The molecule has 0 saturated carbocycles. The van der Waals surface area contributed by atoms with Gasteiger partial charge in [0.15, 0.2) is 0 Å². The molecule has 0 fully saturated rings. The Hall–Kier alpha value is -0.420. The van der Waals surface area contributed by atoms with E-state index in [-0.39, 0.29) is 9.63 Å². The van der Waals surface area contributed by atoms with Crippen LogP contribution in [0, 0.1) is 0 Å². The summed E-state index contributed by atoms with van der Waals surface area (Å²) in [5, 5.41) is 0.0243. The lowest BCUT2D eigenvalue weighted by Crippen LogP contribution is -2.13. The van der Waals surface area contributed by atoms with Gasteiger partial charge in [0.25, 0.3) is 12.0 Å². The second-order valence-electron chi connectivity index (χ2n) is 2.01. The maximum atomic E-state index is 12.1. The van der Waals surface area contributed by atoms with Gasteiger partial charge >= 0.3 is 0 Å². The maximum Gasteiger partial charge on any atom is 0.270 e. The summed E-state index contributed by atoms with van der Waals surface area (Å²) in [5.41, 5.74) is -1.47. The van der Waals surface area contributed by atoms with Crippen LogP contribution in [0.25, 0.3) is 0 Å². The zero-order valence-electron chi connectivity index (χ0n) is 5.57. The summed E-state index contributed by atoms with van der Waals surface area (Å²) in [6, 6.07) is 1.21. The molecule has 0 amide bonds. The molecule has 1 N–H and O–H groups in total. The van der Waals surface area contributed by atoms with Gasteiger partial charge in [0, 0.05) is 4.47 Å². The van der Waals surface area contributed by atoms with E-state index >= 15 is 0 Å². The van der Waals surface area contributed by atoms with Crippen molar-refractivity contribution >= 4 is 27.5 Å². The van der Waals surface area contributed by atoms with Gasteiger partial charge in [-0.15, -0.1) is 0 Å². The standard InChI is InChI=1S/C6H3BrClF2NO/c7-2-1-3(8)11-6(12)4(2)5(9)10/h1,5H,(H,11,12). The molecule has 1 rings (SSSR count). The van der Waals surface area contributed by atoms with Gasteiger partial charge in [-0.2, -0.15) is 0 Å². The van der Waals surface area contributed by atoms with Crippen LogP contribution in [-0.4, -0.2) is 4.98 Å². The van der Waals surface area contributed by atoms with Crippen LogP contribution < -0.4 is 5.56 Å². The Morgan fingerprint density at radius 1 is 1.58 bits per heavy atom. The third-order valence-corrected chi connectivity index (χ3v) is 2.07. The highest BCUT2D eigenvalue weighted by molar-refractivity contribution is 9.10. The third kappa shape index (κ3) is 1.84. The molecule has 0 bridgehead atoms. The molecule has 0 unspecified atom stereocenters. The molecule has 0 aliphatic heterocycles. The maximum absolute atomic E-state index is 12.1. The normalized spacial score (nSPS) is 10.8. The number of pyridine rings is 1. The van der Waals surface area contributed by atoms with Crippen LogP contribution in [0.4, 0.5) is 8.78 Å². The fourth-order valence-electron chi connectivity index (χ4n) is 0.713. The third-order valence-electron chi connectivity index (χ3n) is 1.21. The van der Waals surface area contributed by atoms with Crippen LogP contribution in [0.1, 0.15) is 12.0 Å². The first-order valence-corrected chi connectivity index (χ1v) is 4.06. The fraction of sp³-hybridized carbons (Fsp3) is 0.167. The molecule has 1 heterocycles. The van der Waals surface area contributed by atoms with Gasteiger partial charge < -0.3 is 4.98 Å². The van der Waals surface area contributed by atoms with Crippen molar-refractivity contribution < 1.29 is 8.78 Å². The molecular formula is C6H3BrClF2NO. The predicted molar refractivity (Wildman–Crippen MR) is 44.7 cm³/mol. The highest BCUT2D eigenvalue weighted by atomic mass is 79.9. The van der Waals surface area contributed by atoms with E-state index in [1.165, 1.54) is 6.07 Å². The Kier molecular flexibility index (Phi) is 2.85. The van der Waals surface area contributed by atoms with Crippen LogP contribution in [0.5, 0.6) is 0 Å². The molecule has 0 radical (unpaired) electrons. The van der Waals surface area contributed by atoms with Gasteiger partial charge in [-0.05, 0) is 22.0 Å². The van der Waals surface area contributed by atoms with Crippen LogP contribution in [-0.2, 0) is 0 Å². The largest absolute Gasteiger partial charge is 0.312 e. The van der Waals surface area contributed by atoms with Crippen LogP contribution in [0.2, 0.25) is 5.15 Å². The Morgan fingerprint density at radius 2 is 2.17 bits per heavy atom. The lowest BCUT2D eigenvalue weighted by atomic mass is 10.3. The van der Waals surface area contributed by atoms with Gasteiger partial charge in [-0.1, -0.05) is 11.6 Å². The molecule has 0 saturated heterocycles. The summed E-state index contributed by atoms with van der Waals surface area (Å²) in [4.78, 5) is 12.9. The monoisotopic (exact) mass is 257 g/mol. The highest BCUT2D eigenvalue weighted by Gasteiger charge is 2.16. The molecule has 1 aromatic heterocycles. The minimum absolute atomic E-state index is 0.0197. The highest BCUT2D eigenvalue weighted by Crippen LogP contribution is 2.24. The number of nitrogens with one attached hydrogen (secondary N) is 1. The Bertz CT molecular complexity index is 352. The summed E-state index contributed by atoms with van der Waals surface area (Å²) < 4.78 is 24.3. The van der Waals surface area contributed by atoms with Crippen molar-refractivity contribution in [3.8, 4) is 0 Å². The number of alkyl halides is 2. The Morgan fingerprint density at radius 3 is 2.58 bits per heavy atom. The van der Waals surface area contributed by atoms with Gasteiger partial charge in [-0.25, -0.2) is 8.78 Å². The zero-order valence-corrected chi connectivity index (χ0v) is 7.92. The van der Waals surface area contributed by atoms with E-state index in [2.05, 4.69) is 20.9 Å². The fourth-order valence-corrected chi connectivity index (χ4v) is 1.62. The predicted octanol–water partition coefficient (Wildman–Crippen LogP) is 2.73. The molecule has 6 heteroatoms. The summed E-state index contributed by atoms with van der Waals surface area (Å²) in [6.45, 7) is 0. The van der Waals surface area contributed by atoms with E-state index < -0.39 is 17.5 Å². The second kappa shape index (κ2) is 3.53. The summed E-state index contributed by atoms with van der Waals surface area (Å²) in [5.74, 6) is 0. The van der Waals surface area contributed by atoms with Crippen LogP contribution in [0.15, 0.2) is 15.3 Å². The molecule has 0 aliphatic rings. The number of rotatable bonds is 1. The summed E-state index contributed by atoms with van der Waals surface area (Å²) in [6.07, 6.45) is -2.81. The molecule has 1 aromatic rings. The lowest BCUT2D eigenvalue weighted by molar-refractivity contribution is 0.148. The number of H-pyrrole nitrogens is 1. The van der Waals surface area contributed by atoms with Crippen molar-refractivity contribution in [2.75, 3.05) is 0 Å². The van der Waals surface area contributed by atoms with Crippen molar-refractivity contribution in [1.29, 1.82) is 0 Å². The molecule has 0 spiro atoms. The van der Waals surface area contributed by atoms with Crippen molar-refractivity contribution in [3.63, 3.8) is 0 Å². The first-order valence-electron chi connectivity index (χ1n) is 2.88. The topological polar surface area (TPSA) is 32.9 Å². The number of hydrogen-bond acceptors (Lipinski definition) is 1. The van der Waals surface area contributed by atoms with Gasteiger partial charge in [0.05, 0.1) is 5.56 Å². The van der Waals surface area contributed by atoms with E-state index in [9.17, 15) is 13.6 Å². The van der Waals surface area contributed by atoms with E-state index in [1.807, 2.05) is 0 Å². The average Bonchev–Trinajstić information content (AvgIpc) is 1.82. The van der Waals surface area contributed by atoms with Crippen LogP contribution in [0.3, 0.4) is 0 Å². The number of hydrogen-bond donors (Lipinski definition) is 1. The van der Waals surface area contributed by atoms with E-state index in [0.29, 0.717) is 0 Å². The average molecular weight is 258 g/mol. The molecule has 0 aliphatic carbocycles. The SMILES string of the molecule is O=c1[nH]c(Cl)cc(Br)c1C(F)F. The zero-order chi connectivity index (χ0) is 9.30. The number of aromatic amines is 1. The van der Waals surface area contributed by atoms with Crippen molar-refractivity contribution in [3.05, 3.63) is 31.6 Å². The molecule has 0 aromatic carbocycles. The number of halogens is 4. The lowest BCUT2D eigenvalue weighted by Gasteiger charge is -2.01. The van der Waals surface area contributed by atoms with E-state index in [1.54, 1.807) is 0 Å². The van der Waals surface area contributed by atoms with Gasteiger partial charge in [0.2, 0.25) is 0 Å². The van der Waals surface area contributed by atoms with Gasteiger partial charge in [0.1, 0.15) is 5.15 Å². The summed E-state index contributed by atoms with van der Waals surface area (Å²) >= 11 is 8.21. The van der Waals surface area contributed by atoms with Crippen molar-refractivity contribution in [2.45, 2.75) is 6.43 Å². The Labute approximate surface area is 79.7 Å². The molecule has 66 valence electrons. The van der Waals surface area contributed by atoms with E-state index in [4.69, 9.17) is 11.6 Å². The first-order chi connectivity index (χ1) is 5.52. The van der Waals surface area contributed by atoms with Crippen molar-refractivity contribution in [1.82, 2.24) is 4.98 Å². The van der Waals surface area contributed by atoms with Crippen molar-refractivity contribution in [2.24, 2.45) is 0 Å². The molecule has 2 nitrogen and oxygen atoms in total.